The Morgan fingerprint density at radius 3 is 2.69 bits per heavy atom. The van der Waals surface area contributed by atoms with Crippen molar-refractivity contribution in [2.24, 2.45) is 0 Å². The molecule has 0 saturated carbocycles. The Hall–Kier alpha value is -1.52. The molecule has 0 bridgehead atoms. The predicted octanol–water partition coefficient (Wildman–Crippen LogP) is 3.34. The first-order chi connectivity index (χ1) is 13.7. The van der Waals surface area contributed by atoms with Gasteiger partial charge in [-0.3, -0.25) is 10.1 Å². The largest absolute Gasteiger partial charge is 0.373 e. The molecular formula is C19H22ClN3O4S2. The molecule has 156 valence electrons. The topological polar surface area (TPSA) is 88.6 Å². The van der Waals surface area contributed by atoms with Crippen LogP contribution in [0, 0.1) is 0 Å². The molecule has 7 nitrogen and oxygen atoms in total. The second-order valence-corrected chi connectivity index (χ2v) is 10.8. The van der Waals surface area contributed by atoms with E-state index in [0.717, 1.165) is 25.0 Å². The smallest absolute Gasteiger partial charge is 0.257 e. The molecule has 1 aromatic carbocycles. The van der Waals surface area contributed by atoms with Gasteiger partial charge in [-0.1, -0.05) is 11.6 Å². The van der Waals surface area contributed by atoms with Gasteiger partial charge in [-0.15, -0.1) is 11.3 Å². The lowest BCUT2D eigenvalue weighted by Crippen LogP contribution is -2.48. The van der Waals surface area contributed by atoms with E-state index in [1.165, 1.54) is 38.7 Å². The normalized spacial score (nSPS) is 22.4. The molecule has 1 aromatic heterocycles. The minimum Gasteiger partial charge on any atom is -0.373 e. The van der Waals surface area contributed by atoms with E-state index in [2.05, 4.69) is 10.3 Å². The maximum Gasteiger partial charge on any atom is 0.257 e. The molecule has 2 aliphatic rings. The van der Waals surface area contributed by atoms with Crippen LogP contribution in [0.5, 0.6) is 0 Å². The van der Waals surface area contributed by atoms with Gasteiger partial charge in [0.05, 0.1) is 22.9 Å². The van der Waals surface area contributed by atoms with E-state index in [4.69, 9.17) is 16.3 Å². The summed E-state index contributed by atoms with van der Waals surface area (Å²) >= 11 is 7.68. The second-order valence-electron chi connectivity index (χ2n) is 7.42. The Labute approximate surface area is 179 Å². The molecule has 1 aliphatic heterocycles. The number of benzene rings is 1. The average molecular weight is 456 g/mol. The summed E-state index contributed by atoms with van der Waals surface area (Å²) in [6, 6.07) is 4.29. The van der Waals surface area contributed by atoms with Crippen LogP contribution in [0.25, 0.3) is 0 Å². The van der Waals surface area contributed by atoms with Crippen molar-refractivity contribution in [2.45, 2.75) is 50.2 Å². The summed E-state index contributed by atoms with van der Waals surface area (Å²) in [7, 11) is -3.86. The standard InChI is InChI=1S/C19H22ClN3O4S2/c1-11-9-23(10-12(2)27-11)29(25,26)17-8-13(6-7-14(17)20)18(24)22-19-21-15-4-3-5-16(15)28-19/h6-8,11-12H,3-5,9-10H2,1-2H3,(H,21,22,24)/t11-,12-/m1/s1. The lowest BCUT2D eigenvalue weighted by molar-refractivity contribution is -0.0440. The zero-order valence-electron chi connectivity index (χ0n) is 16.1. The van der Waals surface area contributed by atoms with Gasteiger partial charge in [-0.25, -0.2) is 13.4 Å². The minimum absolute atomic E-state index is 0.0743. The molecule has 29 heavy (non-hydrogen) atoms. The number of nitrogens with zero attached hydrogens (tertiary/aromatic N) is 2. The highest BCUT2D eigenvalue weighted by Crippen LogP contribution is 2.31. The minimum atomic E-state index is -3.86. The Morgan fingerprint density at radius 2 is 2.00 bits per heavy atom. The molecule has 1 aliphatic carbocycles. The third kappa shape index (κ3) is 4.20. The van der Waals surface area contributed by atoms with Crippen molar-refractivity contribution in [3.63, 3.8) is 0 Å². The molecule has 2 atom stereocenters. The SMILES string of the molecule is C[C@@H]1CN(S(=O)(=O)c2cc(C(=O)Nc3nc4c(s3)CCC4)ccc2Cl)C[C@@H](C)O1. The number of nitrogens with one attached hydrogen (secondary N) is 1. The number of thiazole rings is 1. The highest BCUT2D eigenvalue weighted by molar-refractivity contribution is 7.89. The Kier molecular flexibility index (Phi) is 5.69. The third-order valence-corrected chi connectivity index (χ3v) is 8.40. The fraction of sp³-hybridized carbons (Fsp3) is 0.474. The number of hydrogen-bond acceptors (Lipinski definition) is 6. The maximum absolute atomic E-state index is 13.2. The average Bonchev–Trinajstić information content (AvgIpc) is 3.22. The quantitative estimate of drug-likeness (QED) is 0.763. The number of morpholine rings is 1. The van der Waals surface area contributed by atoms with E-state index < -0.39 is 15.9 Å². The van der Waals surface area contributed by atoms with Gasteiger partial charge >= 0.3 is 0 Å². The summed E-state index contributed by atoms with van der Waals surface area (Å²) in [6.07, 6.45) is 2.58. The molecule has 1 saturated heterocycles. The fourth-order valence-electron chi connectivity index (χ4n) is 3.72. The van der Waals surface area contributed by atoms with Gasteiger partial charge in [0.1, 0.15) is 4.90 Å². The highest BCUT2D eigenvalue weighted by Gasteiger charge is 2.34. The van der Waals surface area contributed by atoms with Crippen molar-refractivity contribution in [1.82, 2.24) is 9.29 Å². The third-order valence-electron chi connectivity index (χ3n) is 5.01. The van der Waals surface area contributed by atoms with E-state index in [1.807, 2.05) is 13.8 Å². The molecular weight excluding hydrogens is 434 g/mol. The van der Waals surface area contributed by atoms with E-state index in [1.54, 1.807) is 0 Å². The van der Waals surface area contributed by atoms with Crippen LogP contribution in [0.3, 0.4) is 0 Å². The van der Waals surface area contributed by atoms with Gasteiger partial charge in [0.25, 0.3) is 5.91 Å². The molecule has 2 aromatic rings. The first-order valence-electron chi connectivity index (χ1n) is 9.49. The molecule has 2 heterocycles. The monoisotopic (exact) mass is 455 g/mol. The molecule has 1 amide bonds. The van der Waals surface area contributed by atoms with Crippen LogP contribution in [0.1, 0.15) is 41.2 Å². The van der Waals surface area contributed by atoms with Crippen LogP contribution >= 0.6 is 22.9 Å². The van der Waals surface area contributed by atoms with Crippen LogP contribution in [-0.2, 0) is 27.6 Å². The van der Waals surface area contributed by atoms with Gasteiger partial charge in [-0.05, 0) is 51.3 Å². The molecule has 4 rings (SSSR count). The Bertz CT molecular complexity index is 1020. The molecule has 1 fully saturated rings. The number of hydrogen-bond donors (Lipinski definition) is 1. The van der Waals surface area contributed by atoms with E-state index in [0.29, 0.717) is 5.13 Å². The predicted molar refractivity (Wildman–Crippen MR) is 112 cm³/mol. The van der Waals surface area contributed by atoms with Gasteiger partial charge < -0.3 is 4.74 Å². The fourth-order valence-corrected chi connectivity index (χ4v) is 6.86. The van der Waals surface area contributed by atoms with Crippen LogP contribution in [-0.4, -0.2) is 48.9 Å². The van der Waals surface area contributed by atoms with Crippen molar-refractivity contribution in [1.29, 1.82) is 0 Å². The summed E-state index contributed by atoms with van der Waals surface area (Å²) < 4.78 is 33.3. The summed E-state index contributed by atoms with van der Waals surface area (Å²) in [4.78, 5) is 18.3. The van der Waals surface area contributed by atoms with Crippen LogP contribution < -0.4 is 5.32 Å². The number of anilines is 1. The van der Waals surface area contributed by atoms with Gasteiger partial charge in [-0.2, -0.15) is 4.31 Å². The number of rotatable bonds is 4. The van der Waals surface area contributed by atoms with Crippen molar-refractivity contribution < 1.29 is 17.9 Å². The first kappa shape index (κ1) is 20.7. The zero-order chi connectivity index (χ0) is 20.8. The summed E-state index contributed by atoms with van der Waals surface area (Å²) in [6.45, 7) is 4.14. The van der Waals surface area contributed by atoms with E-state index >= 15 is 0 Å². The number of aromatic nitrogens is 1. The summed E-state index contributed by atoms with van der Waals surface area (Å²) in [5.74, 6) is -0.408. The van der Waals surface area contributed by atoms with E-state index in [-0.39, 0.29) is 40.8 Å². The molecule has 0 unspecified atom stereocenters. The number of aryl methyl sites for hydroxylation is 2. The number of amides is 1. The number of sulfonamides is 1. The van der Waals surface area contributed by atoms with Gasteiger partial charge in [0.15, 0.2) is 5.13 Å². The van der Waals surface area contributed by atoms with Crippen molar-refractivity contribution in [2.75, 3.05) is 18.4 Å². The Morgan fingerprint density at radius 1 is 1.28 bits per heavy atom. The second kappa shape index (κ2) is 7.96. The molecule has 0 radical (unpaired) electrons. The number of carbonyl (C=O) groups is 1. The lowest BCUT2D eigenvalue weighted by Gasteiger charge is -2.34. The molecule has 0 spiro atoms. The Balaban J connectivity index is 1.58. The first-order valence-corrected chi connectivity index (χ1v) is 12.1. The zero-order valence-corrected chi connectivity index (χ0v) is 18.5. The van der Waals surface area contributed by atoms with Crippen LogP contribution in [0.15, 0.2) is 23.1 Å². The highest BCUT2D eigenvalue weighted by atomic mass is 35.5. The summed E-state index contributed by atoms with van der Waals surface area (Å²) in [5, 5.41) is 3.40. The lowest BCUT2D eigenvalue weighted by atomic mass is 10.2. The maximum atomic E-state index is 13.2. The summed E-state index contributed by atoms with van der Waals surface area (Å²) in [5.41, 5.74) is 1.26. The van der Waals surface area contributed by atoms with Crippen molar-refractivity contribution in [3.05, 3.63) is 39.4 Å². The van der Waals surface area contributed by atoms with Gasteiger partial charge in [0.2, 0.25) is 10.0 Å². The van der Waals surface area contributed by atoms with Crippen molar-refractivity contribution in [3.8, 4) is 0 Å². The van der Waals surface area contributed by atoms with E-state index in [9.17, 15) is 13.2 Å². The number of carbonyl (C=O) groups excluding carboxylic acids is 1. The molecule has 1 N–H and O–H groups in total. The molecule has 10 heteroatoms. The number of ether oxygens (including phenoxy) is 1. The number of fused-ring (bicyclic) bond motifs is 1. The van der Waals surface area contributed by atoms with Crippen molar-refractivity contribution >= 4 is 44.0 Å². The van der Waals surface area contributed by atoms with Crippen LogP contribution in [0.4, 0.5) is 5.13 Å². The number of halogens is 1. The van der Waals surface area contributed by atoms with Crippen LogP contribution in [0.2, 0.25) is 5.02 Å². The van der Waals surface area contributed by atoms with Gasteiger partial charge in [0, 0.05) is 23.5 Å².